The molecule has 1 aromatic carbocycles. The highest BCUT2D eigenvalue weighted by Gasteiger charge is 2.20. The molecule has 3 nitrogen and oxygen atoms in total. The van der Waals surface area contributed by atoms with Crippen molar-refractivity contribution in [2.45, 2.75) is 39.7 Å². The molecule has 108 valence electrons. The summed E-state index contributed by atoms with van der Waals surface area (Å²) in [6, 6.07) is 4.53. The Labute approximate surface area is 120 Å². The molecule has 1 aromatic heterocycles. The van der Waals surface area contributed by atoms with E-state index >= 15 is 0 Å². The number of hydrogen-bond donors (Lipinski definition) is 2. The standard InChI is InChI=1S/C17H24N2O/c1-11-8-12(2)17-16(9-11)15(13(3)18-17)5-7-19-6-4-14(20)10-19/h8-9,14,18,20H,4-7,10H2,1-3H3/t14-/m0/s1. The molecule has 0 aliphatic carbocycles. The van der Waals surface area contributed by atoms with Crippen LogP contribution in [0.25, 0.3) is 10.9 Å². The molecule has 20 heavy (non-hydrogen) atoms. The number of hydrogen-bond acceptors (Lipinski definition) is 2. The number of fused-ring (bicyclic) bond motifs is 1. The molecule has 1 saturated heterocycles. The predicted molar refractivity (Wildman–Crippen MR) is 83.3 cm³/mol. The number of H-pyrrole nitrogens is 1. The highest BCUT2D eigenvalue weighted by atomic mass is 16.3. The summed E-state index contributed by atoms with van der Waals surface area (Å²) < 4.78 is 0. The zero-order chi connectivity index (χ0) is 14.3. The molecule has 3 heteroatoms. The van der Waals surface area contributed by atoms with E-state index in [0.717, 1.165) is 32.5 Å². The van der Waals surface area contributed by atoms with E-state index in [2.05, 4.69) is 42.8 Å². The minimum absolute atomic E-state index is 0.122. The van der Waals surface area contributed by atoms with E-state index in [0.29, 0.717) is 0 Å². The maximum atomic E-state index is 9.61. The molecule has 3 rings (SSSR count). The van der Waals surface area contributed by atoms with Crippen LogP contribution in [0.15, 0.2) is 12.1 Å². The monoisotopic (exact) mass is 272 g/mol. The Morgan fingerprint density at radius 2 is 2.10 bits per heavy atom. The molecule has 0 amide bonds. The zero-order valence-electron chi connectivity index (χ0n) is 12.7. The van der Waals surface area contributed by atoms with Crippen LogP contribution in [0.4, 0.5) is 0 Å². The fraction of sp³-hybridized carbons (Fsp3) is 0.529. The lowest BCUT2D eigenvalue weighted by Crippen LogP contribution is -2.24. The Morgan fingerprint density at radius 1 is 1.30 bits per heavy atom. The molecule has 0 spiro atoms. The maximum absolute atomic E-state index is 9.61. The highest BCUT2D eigenvalue weighted by Crippen LogP contribution is 2.27. The number of aliphatic hydroxyl groups is 1. The average Bonchev–Trinajstić information content (AvgIpc) is 2.91. The summed E-state index contributed by atoms with van der Waals surface area (Å²) >= 11 is 0. The fourth-order valence-electron chi connectivity index (χ4n) is 3.44. The summed E-state index contributed by atoms with van der Waals surface area (Å²) in [4.78, 5) is 5.91. The summed E-state index contributed by atoms with van der Waals surface area (Å²) in [5, 5.41) is 11.0. The van der Waals surface area contributed by atoms with Gasteiger partial charge in [-0.25, -0.2) is 0 Å². The molecule has 1 fully saturated rings. The highest BCUT2D eigenvalue weighted by molar-refractivity contribution is 5.88. The molecule has 1 aliphatic rings. The largest absolute Gasteiger partial charge is 0.392 e. The van der Waals surface area contributed by atoms with Crippen LogP contribution >= 0.6 is 0 Å². The third-order valence-electron chi connectivity index (χ3n) is 4.50. The maximum Gasteiger partial charge on any atom is 0.0679 e. The number of aromatic amines is 1. The molecule has 0 unspecified atom stereocenters. The molecule has 2 N–H and O–H groups in total. The number of rotatable bonds is 3. The molecule has 0 saturated carbocycles. The third kappa shape index (κ3) is 2.48. The van der Waals surface area contributed by atoms with Crippen LogP contribution in [0.1, 0.15) is 28.8 Å². The van der Waals surface area contributed by atoms with Crippen molar-refractivity contribution in [3.8, 4) is 0 Å². The molecular formula is C17H24N2O. The van der Waals surface area contributed by atoms with E-state index in [1.165, 1.54) is 33.3 Å². The number of benzene rings is 1. The second-order valence-corrected chi connectivity index (χ2v) is 6.23. The second-order valence-electron chi connectivity index (χ2n) is 6.23. The van der Waals surface area contributed by atoms with E-state index in [4.69, 9.17) is 0 Å². The van der Waals surface area contributed by atoms with Gasteiger partial charge >= 0.3 is 0 Å². The van der Waals surface area contributed by atoms with Gasteiger partial charge in [0, 0.05) is 36.2 Å². The summed E-state index contributed by atoms with van der Waals surface area (Å²) in [5.41, 5.74) is 6.66. The number of β-amino-alcohol motifs (C(OH)–C–C–N with tert-alkyl or cyclic N) is 1. The van der Waals surface area contributed by atoms with Gasteiger partial charge in [-0.2, -0.15) is 0 Å². The van der Waals surface area contributed by atoms with E-state index < -0.39 is 0 Å². The number of aliphatic hydroxyl groups excluding tert-OH is 1. The van der Waals surface area contributed by atoms with Crippen molar-refractivity contribution in [2.24, 2.45) is 0 Å². The van der Waals surface area contributed by atoms with Crippen LogP contribution in [-0.4, -0.2) is 40.7 Å². The van der Waals surface area contributed by atoms with Gasteiger partial charge in [0.2, 0.25) is 0 Å². The molecule has 1 aliphatic heterocycles. The van der Waals surface area contributed by atoms with Crippen molar-refractivity contribution in [3.63, 3.8) is 0 Å². The smallest absolute Gasteiger partial charge is 0.0679 e. The van der Waals surface area contributed by atoms with E-state index in [9.17, 15) is 5.11 Å². The van der Waals surface area contributed by atoms with Crippen LogP contribution in [0.2, 0.25) is 0 Å². The summed E-state index contributed by atoms with van der Waals surface area (Å²) in [5.74, 6) is 0. The molecule has 0 bridgehead atoms. The SMILES string of the molecule is Cc1cc(C)c2[nH]c(C)c(CCN3CC[C@H](O)C3)c2c1. The van der Waals surface area contributed by atoms with Crippen LogP contribution in [0.5, 0.6) is 0 Å². The zero-order valence-corrected chi connectivity index (χ0v) is 12.7. The number of likely N-dealkylation sites (tertiary alicyclic amines) is 1. The van der Waals surface area contributed by atoms with Crippen LogP contribution in [-0.2, 0) is 6.42 Å². The van der Waals surface area contributed by atoms with Crippen molar-refractivity contribution < 1.29 is 5.11 Å². The first-order valence-corrected chi connectivity index (χ1v) is 7.53. The normalized spacial score (nSPS) is 20.1. The molecule has 1 atom stereocenters. The topological polar surface area (TPSA) is 39.3 Å². The van der Waals surface area contributed by atoms with E-state index in [1.54, 1.807) is 0 Å². The van der Waals surface area contributed by atoms with E-state index in [1.807, 2.05) is 0 Å². The second kappa shape index (κ2) is 5.23. The van der Waals surface area contributed by atoms with Gasteiger partial charge in [0.1, 0.15) is 0 Å². The molecular weight excluding hydrogens is 248 g/mol. The number of aryl methyl sites for hydroxylation is 3. The van der Waals surface area contributed by atoms with Crippen molar-refractivity contribution in [1.82, 2.24) is 9.88 Å². The van der Waals surface area contributed by atoms with Crippen LogP contribution < -0.4 is 0 Å². The number of aromatic nitrogens is 1. The lowest BCUT2D eigenvalue weighted by atomic mass is 10.0. The quantitative estimate of drug-likeness (QED) is 0.902. The number of nitrogens with zero attached hydrogens (tertiary/aromatic N) is 1. The summed E-state index contributed by atoms with van der Waals surface area (Å²) in [7, 11) is 0. The van der Waals surface area contributed by atoms with Crippen LogP contribution in [0.3, 0.4) is 0 Å². The van der Waals surface area contributed by atoms with Crippen molar-refractivity contribution in [2.75, 3.05) is 19.6 Å². The van der Waals surface area contributed by atoms with Gasteiger partial charge in [0.15, 0.2) is 0 Å². The first kappa shape index (κ1) is 13.7. The summed E-state index contributed by atoms with van der Waals surface area (Å²) in [6.07, 6.45) is 1.86. The van der Waals surface area contributed by atoms with Crippen LogP contribution in [0, 0.1) is 20.8 Å². The van der Waals surface area contributed by atoms with Gasteiger partial charge in [-0.3, -0.25) is 0 Å². The van der Waals surface area contributed by atoms with Gasteiger partial charge in [-0.1, -0.05) is 11.6 Å². The molecule has 2 aromatic rings. The Morgan fingerprint density at radius 3 is 2.80 bits per heavy atom. The first-order chi connectivity index (χ1) is 9.54. The molecule has 0 radical (unpaired) electrons. The Hall–Kier alpha value is -1.32. The lowest BCUT2D eigenvalue weighted by molar-refractivity contribution is 0.177. The lowest BCUT2D eigenvalue weighted by Gasteiger charge is -2.14. The fourth-order valence-corrected chi connectivity index (χ4v) is 3.44. The van der Waals surface area contributed by atoms with Gasteiger partial charge < -0.3 is 15.0 Å². The minimum Gasteiger partial charge on any atom is -0.392 e. The number of nitrogens with one attached hydrogen (secondary N) is 1. The third-order valence-corrected chi connectivity index (χ3v) is 4.50. The van der Waals surface area contributed by atoms with E-state index in [-0.39, 0.29) is 6.10 Å². The van der Waals surface area contributed by atoms with Crippen molar-refractivity contribution in [1.29, 1.82) is 0 Å². The Balaban J connectivity index is 1.85. The summed E-state index contributed by atoms with van der Waals surface area (Å²) in [6.45, 7) is 9.40. The van der Waals surface area contributed by atoms with Gasteiger partial charge in [-0.05, 0) is 50.8 Å². The van der Waals surface area contributed by atoms with Gasteiger partial charge in [0.05, 0.1) is 6.10 Å². The van der Waals surface area contributed by atoms with Gasteiger partial charge in [0.25, 0.3) is 0 Å². The Kier molecular flexibility index (Phi) is 3.57. The average molecular weight is 272 g/mol. The minimum atomic E-state index is -0.122. The van der Waals surface area contributed by atoms with Gasteiger partial charge in [-0.15, -0.1) is 0 Å². The predicted octanol–water partition coefficient (Wildman–Crippen LogP) is 2.70. The first-order valence-electron chi connectivity index (χ1n) is 7.53. The van der Waals surface area contributed by atoms with Crippen molar-refractivity contribution in [3.05, 3.63) is 34.5 Å². The molecule has 2 heterocycles. The van der Waals surface area contributed by atoms with Crippen molar-refractivity contribution >= 4 is 10.9 Å². The Bertz CT molecular complexity index is 629.